The van der Waals surface area contributed by atoms with Crippen molar-refractivity contribution in [1.82, 2.24) is 15.5 Å². The Morgan fingerprint density at radius 2 is 2.00 bits per heavy atom. The summed E-state index contributed by atoms with van der Waals surface area (Å²) in [6.07, 6.45) is 8.75. The zero-order chi connectivity index (χ0) is 20.2. The van der Waals surface area contributed by atoms with Gasteiger partial charge in [-0.3, -0.25) is 9.79 Å². The van der Waals surface area contributed by atoms with Crippen LogP contribution in [0.3, 0.4) is 0 Å². The van der Waals surface area contributed by atoms with Crippen LogP contribution in [0.5, 0.6) is 5.75 Å². The molecule has 1 aliphatic rings. The number of rotatable bonds is 8. The molecular weight excluding hydrogens is 479 g/mol. The number of nitrogens with zero attached hydrogens (tertiary/aromatic N) is 2. The fourth-order valence-electron chi connectivity index (χ4n) is 3.31. The molecule has 1 amide bonds. The molecule has 1 aromatic carbocycles. The largest absolute Gasteiger partial charge is 0.481 e. The molecule has 160 valence electrons. The molecule has 2 rings (SSSR count). The second-order valence-electron chi connectivity index (χ2n) is 6.93. The van der Waals surface area contributed by atoms with E-state index in [0.29, 0.717) is 12.3 Å². The SMILES string of the molecule is C#CCOc1ccc(CCN=C(NCC)N2CCC(CC(=O)NC)CC2)cc1.I. The zero-order valence-corrected chi connectivity index (χ0v) is 19.8. The molecule has 29 heavy (non-hydrogen) atoms. The Hall–Kier alpha value is -1.95. The number of piperidine rings is 1. The molecule has 0 aromatic heterocycles. The van der Waals surface area contributed by atoms with Crippen molar-refractivity contribution in [2.45, 2.75) is 32.6 Å². The van der Waals surface area contributed by atoms with Crippen LogP contribution in [0, 0.1) is 18.3 Å². The van der Waals surface area contributed by atoms with E-state index in [9.17, 15) is 4.79 Å². The van der Waals surface area contributed by atoms with Crippen LogP contribution >= 0.6 is 24.0 Å². The van der Waals surface area contributed by atoms with Crippen LogP contribution in [0.25, 0.3) is 0 Å². The van der Waals surface area contributed by atoms with Gasteiger partial charge in [-0.25, -0.2) is 0 Å². The van der Waals surface area contributed by atoms with Crippen LogP contribution in [0.2, 0.25) is 0 Å². The maximum atomic E-state index is 11.6. The van der Waals surface area contributed by atoms with E-state index < -0.39 is 0 Å². The van der Waals surface area contributed by atoms with E-state index in [0.717, 1.165) is 57.2 Å². The minimum atomic E-state index is 0. The summed E-state index contributed by atoms with van der Waals surface area (Å²) in [5.74, 6) is 4.82. The molecule has 2 N–H and O–H groups in total. The topological polar surface area (TPSA) is 66.0 Å². The first-order valence-electron chi connectivity index (χ1n) is 10.0. The normalized spacial score (nSPS) is 14.5. The van der Waals surface area contributed by atoms with E-state index in [1.165, 1.54) is 5.56 Å². The third-order valence-electron chi connectivity index (χ3n) is 4.91. The van der Waals surface area contributed by atoms with Gasteiger partial charge in [0.2, 0.25) is 5.91 Å². The lowest BCUT2D eigenvalue weighted by Gasteiger charge is -2.34. The number of ether oxygens (including phenoxy) is 1. The summed E-state index contributed by atoms with van der Waals surface area (Å²) in [7, 11) is 1.70. The van der Waals surface area contributed by atoms with E-state index in [1.807, 2.05) is 12.1 Å². The molecule has 0 saturated carbocycles. The number of hydrogen-bond donors (Lipinski definition) is 2. The first kappa shape index (κ1) is 25.1. The number of terminal acetylenes is 1. The third kappa shape index (κ3) is 8.94. The van der Waals surface area contributed by atoms with Gasteiger partial charge in [0, 0.05) is 39.6 Å². The highest BCUT2D eigenvalue weighted by Crippen LogP contribution is 2.20. The smallest absolute Gasteiger partial charge is 0.220 e. The van der Waals surface area contributed by atoms with Gasteiger partial charge < -0.3 is 20.3 Å². The molecule has 1 aromatic rings. The number of carbonyl (C=O) groups is 1. The number of halogens is 1. The fraction of sp³-hybridized carbons (Fsp3) is 0.545. The van der Waals surface area contributed by atoms with Crippen molar-refractivity contribution >= 4 is 35.8 Å². The van der Waals surface area contributed by atoms with Gasteiger partial charge in [-0.05, 0) is 49.8 Å². The summed E-state index contributed by atoms with van der Waals surface area (Å²) in [6.45, 7) is 5.82. The summed E-state index contributed by atoms with van der Waals surface area (Å²) < 4.78 is 5.40. The van der Waals surface area contributed by atoms with E-state index in [-0.39, 0.29) is 36.5 Å². The van der Waals surface area contributed by atoms with Crippen LogP contribution in [0.4, 0.5) is 0 Å². The monoisotopic (exact) mass is 512 g/mol. The number of hydrogen-bond acceptors (Lipinski definition) is 3. The molecule has 7 heteroatoms. The summed E-state index contributed by atoms with van der Waals surface area (Å²) in [4.78, 5) is 18.7. The average Bonchev–Trinajstić information content (AvgIpc) is 2.73. The first-order valence-corrected chi connectivity index (χ1v) is 10.0. The standard InChI is InChI=1S/C22H32N4O2.HI/c1-4-16-28-20-8-6-18(7-9-20)10-13-25-22(24-5-2)26-14-11-19(12-15-26)17-21(27)23-3;/h1,6-9,19H,5,10-17H2,2-3H3,(H,23,27)(H,24,25);1H. The molecule has 0 unspecified atom stereocenters. The van der Waals surface area contributed by atoms with Gasteiger partial charge in [-0.15, -0.1) is 30.4 Å². The minimum Gasteiger partial charge on any atom is -0.481 e. The van der Waals surface area contributed by atoms with Gasteiger partial charge >= 0.3 is 0 Å². The Kier molecular flexibility index (Phi) is 12.2. The highest BCUT2D eigenvalue weighted by molar-refractivity contribution is 14.0. The number of guanidine groups is 1. The molecule has 6 nitrogen and oxygen atoms in total. The van der Waals surface area contributed by atoms with Crippen LogP contribution < -0.4 is 15.4 Å². The number of benzene rings is 1. The van der Waals surface area contributed by atoms with Crippen molar-refractivity contribution in [2.24, 2.45) is 10.9 Å². The van der Waals surface area contributed by atoms with Gasteiger partial charge in [0.05, 0.1) is 0 Å². The summed E-state index contributed by atoms with van der Waals surface area (Å²) in [6, 6.07) is 7.99. The van der Waals surface area contributed by atoms with Crippen molar-refractivity contribution in [3.05, 3.63) is 29.8 Å². The highest BCUT2D eigenvalue weighted by Gasteiger charge is 2.22. The average molecular weight is 512 g/mol. The lowest BCUT2D eigenvalue weighted by molar-refractivity contribution is -0.121. The lowest BCUT2D eigenvalue weighted by Crippen LogP contribution is -2.46. The predicted molar refractivity (Wildman–Crippen MR) is 129 cm³/mol. The quantitative estimate of drug-likeness (QED) is 0.243. The van der Waals surface area contributed by atoms with Crippen LogP contribution in [0.1, 0.15) is 31.7 Å². The second-order valence-corrected chi connectivity index (χ2v) is 6.93. The van der Waals surface area contributed by atoms with E-state index in [1.54, 1.807) is 7.05 Å². The predicted octanol–water partition coefficient (Wildman–Crippen LogP) is 2.67. The summed E-state index contributed by atoms with van der Waals surface area (Å²) in [5, 5.41) is 6.11. The van der Waals surface area contributed by atoms with Crippen LogP contribution in [-0.2, 0) is 11.2 Å². The van der Waals surface area contributed by atoms with Gasteiger partial charge in [0.15, 0.2) is 5.96 Å². The van der Waals surface area contributed by atoms with Gasteiger partial charge in [-0.2, -0.15) is 0 Å². The summed E-state index contributed by atoms with van der Waals surface area (Å²) >= 11 is 0. The molecule has 1 saturated heterocycles. The molecule has 1 aliphatic heterocycles. The van der Waals surface area contributed by atoms with Gasteiger partial charge in [-0.1, -0.05) is 18.1 Å². The Morgan fingerprint density at radius 3 is 2.59 bits per heavy atom. The Labute approximate surface area is 191 Å². The van der Waals surface area contributed by atoms with E-state index in [4.69, 9.17) is 16.2 Å². The maximum Gasteiger partial charge on any atom is 0.220 e. The first-order chi connectivity index (χ1) is 13.7. The molecule has 1 heterocycles. The molecule has 0 radical (unpaired) electrons. The Morgan fingerprint density at radius 1 is 1.31 bits per heavy atom. The number of aliphatic imine (C=N–C) groups is 1. The zero-order valence-electron chi connectivity index (χ0n) is 17.4. The number of carbonyl (C=O) groups excluding carboxylic acids is 1. The molecule has 0 atom stereocenters. The van der Waals surface area contributed by atoms with Crippen molar-refractivity contribution in [3.8, 4) is 18.1 Å². The van der Waals surface area contributed by atoms with Gasteiger partial charge in [0.25, 0.3) is 0 Å². The second kappa shape index (κ2) is 14.1. The molecule has 0 bridgehead atoms. The molecule has 1 fully saturated rings. The van der Waals surface area contributed by atoms with Crippen LogP contribution in [0.15, 0.2) is 29.3 Å². The molecule has 0 spiro atoms. The summed E-state index contributed by atoms with van der Waals surface area (Å²) in [5.41, 5.74) is 1.22. The number of amides is 1. The number of likely N-dealkylation sites (tertiary alicyclic amines) is 1. The fourth-order valence-corrected chi connectivity index (χ4v) is 3.31. The third-order valence-corrected chi connectivity index (χ3v) is 4.91. The van der Waals surface area contributed by atoms with Crippen LogP contribution in [-0.4, -0.2) is 56.6 Å². The Balaban J connectivity index is 0.00000420. The van der Waals surface area contributed by atoms with E-state index in [2.05, 4.69) is 40.5 Å². The van der Waals surface area contributed by atoms with Gasteiger partial charge in [0.1, 0.15) is 12.4 Å². The minimum absolute atomic E-state index is 0. The number of nitrogens with one attached hydrogen (secondary N) is 2. The maximum absolute atomic E-state index is 11.6. The lowest BCUT2D eigenvalue weighted by atomic mass is 9.93. The van der Waals surface area contributed by atoms with Crippen molar-refractivity contribution in [2.75, 3.05) is 39.8 Å². The van der Waals surface area contributed by atoms with Crippen molar-refractivity contribution in [1.29, 1.82) is 0 Å². The van der Waals surface area contributed by atoms with Crippen molar-refractivity contribution < 1.29 is 9.53 Å². The van der Waals surface area contributed by atoms with E-state index >= 15 is 0 Å². The van der Waals surface area contributed by atoms with Crippen molar-refractivity contribution in [3.63, 3.8) is 0 Å². The molecule has 0 aliphatic carbocycles. The highest BCUT2D eigenvalue weighted by atomic mass is 127. The molecular formula is C22H33IN4O2. The Bertz CT molecular complexity index is 677.